The van der Waals surface area contributed by atoms with Crippen LogP contribution in [0.15, 0.2) is 72.3 Å². The summed E-state index contributed by atoms with van der Waals surface area (Å²) in [5.74, 6) is -1.65. The molecule has 2 N–H and O–H groups in total. The third kappa shape index (κ3) is 3.69. The monoisotopic (exact) mass is 449 g/mol. The molecule has 0 radical (unpaired) electrons. The van der Waals surface area contributed by atoms with Gasteiger partial charge in [-0.3, -0.25) is 14.5 Å². The highest BCUT2D eigenvalue weighted by molar-refractivity contribution is 6.51. The van der Waals surface area contributed by atoms with Crippen molar-refractivity contribution in [2.45, 2.75) is 13.0 Å². The number of carbonyl (C=O) groups excluding carboxylic acids is 2. The van der Waals surface area contributed by atoms with E-state index in [1.165, 1.54) is 30.2 Å². The van der Waals surface area contributed by atoms with E-state index in [2.05, 4.69) is 0 Å². The molecule has 0 bridgehead atoms. The molecule has 1 heterocycles. The van der Waals surface area contributed by atoms with Crippen LogP contribution in [0.1, 0.15) is 22.7 Å². The Kier molecular flexibility index (Phi) is 5.63. The molecular weight excluding hydrogens is 430 g/mol. The topological polar surface area (TPSA) is 87.1 Å². The molecule has 1 aliphatic rings. The first-order valence-corrected chi connectivity index (χ1v) is 10.2. The molecule has 4 rings (SSSR count). The van der Waals surface area contributed by atoms with Crippen LogP contribution in [0, 0.1) is 6.92 Å². The molecule has 0 aliphatic carbocycles. The number of halogens is 1. The Balaban J connectivity index is 1.99. The van der Waals surface area contributed by atoms with Gasteiger partial charge in [-0.2, -0.15) is 0 Å². The van der Waals surface area contributed by atoms with Crippen molar-refractivity contribution in [1.29, 1.82) is 0 Å². The van der Waals surface area contributed by atoms with Gasteiger partial charge >= 0.3 is 0 Å². The number of aryl methyl sites for hydroxylation is 1. The molecule has 0 spiro atoms. The van der Waals surface area contributed by atoms with Crippen LogP contribution >= 0.6 is 11.6 Å². The number of amides is 1. The van der Waals surface area contributed by atoms with Gasteiger partial charge < -0.3 is 14.9 Å². The maximum Gasteiger partial charge on any atom is 0.300 e. The van der Waals surface area contributed by atoms with Crippen LogP contribution in [0.2, 0.25) is 5.02 Å². The summed E-state index contributed by atoms with van der Waals surface area (Å²) in [4.78, 5) is 27.7. The summed E-state index contributed by atoms with van der Waals surface area (Å²) in [6.45, 7) is 1.88. The van der Waals surface area contributed by atoms with E-state index in [1.807, 2.05) is 13.0 Å². The Morgan fingerprint density at radius 1 is 1.03 bits per heavy atom. The fourth-order valence-electron chi connectivity index (χ4n) is 3.86. The number of nitrogens with zero attached hydrogens (tertiary/aromatic N) is 1. The van der Waals surface area contributed by atoms with Gasteiger partial charge in [0.1, 0.15) is 17.3 Å². The second kappa shape index (κ2) is 8.40. The van der Waals surface area contributed by atoms with Crippen LogP contribution < -0.4 is 9.64 Å². The largest absolute Gasteiger partial charge is 0.508 e. The van der Waals surface area contributed by atoms with Crippen molar-refractivity contribution < 1.29 is 24.5 Å². The summed E-state index contributed by atoms with van der Waals surface area (Å²) in [7, 11) is 1.43. The number of Topliss-reactive ketones (excluding diaryl/α,β-unsaturated/α-hetero) is 1. The second-order valence-electron chi connectivity index (χ2n) is 7.44. The van der Waals surface area contributed by atoms with E-state index < -0.39 is 23.5 Å². The minimum Gasteiger partial charge on any atom is -0.508 e. The molecule has 1 fully saturated rings. The highest BCUT2D eigenvalue weighted by Gasteiger charge is 2.47. The van der Waals surface area contributed by atoms with Gasteiger partial charge in [0.15, 0.2) is 0 Å². The first kappa shape index (κ1) is 21.5. The third-order valence-electron chi connectivity index (χ3n) is 5.35. The van der Waals surface area contributed by atoms with Crippen molar-refractivity contribution in [2.24, 2.45) is 0 Å². The Morgan fingerprint density at radius 2 is 1.75 bits per heavy atom. The number of ether oxygens (including phenoxy) is 1. The molecule has 3 aromatic rings. The van der Waals surface area contributed by atoms with E-state index in [0.717, 1.165) is 5.56 Å². The summed E-state index contributed by atoms with van der Waals surface area (Å²) >= 11 is 6.12. The van der Waals surface area contributed by atoms with Crippen molar-refractivity contribution in [3.63, 3.8) is 0 Å². The molecular formula is C25H20ClNO5. The minimum absolute atomic E-state index is 0.0396. The molecule has 0 saturated carbocycles. The quantitative estimate of drug-likeness (QED) is 0.333. The second-order valence-corrected chi connectivity index (χ2v) is 7.88. The van der Waals surface area contributed by atoms with Crippen LogP contribution in [0.4, 0.5) is 5.69 Å². The molecule has 3 aromatic carbocycles. The Hall–Kier alpha value is -3.77. The van der Waals surface area contributed by atoms with Gasteiger partial charge in [0.05, 0.1) is 24.3 Å². The number of hydrogen-bond donors (Lipinski definition) is 2. The van der Waals surface area contributed by atoms with Gasteiger partial charge in [0, 0.05) is 10.7 Å². The lowest BCUT2D eigenvalue weighted by atomic mass is 9.94. The number of methoxy groups -OCH3 is 1. The van der Waals surface area contributed by atoms with E-state index in [-0.39, 0.29) is 16.9 Å². The van der Waals surface area contributed by atoms with Crippen molar-refractivity contribution in [2.75, 3.05) is 12.0 Å². The van der Waals surface area contributed by atoms with E-state index in [9.17, 15) is 19.8 Å². The highest BCUT2D eigenvalue weighted by atomic mass is 35.5. The third-order valence-corrected chi connectivity index (χ3v) is 5.58. The van der Waals surface area contributed by atoms with E-state index in [4.69, 9.17) is 16.3 Å². The number of aliphatic hydroxyl groups is 1. The molecule has 1 unspecified atom stereocenters. The molecule has 162 valence electrons. The number of phenols is 1. The average Bonchev–Trinajstić information content (AvgIpc) is 3.04. The number of anilines is 1. The maximum atomic E-state index is 13.2. The summed E-state index contributed by atoms with van der Waals surface area (Å²) in [6, 6.07) is 17.1. The first-order chi connectivity index (χ1) is 15.3. The van der Waals surface area contributed by atoms with E-state index in [1.54, 1.807) is 42.5 Å². The maximum absolute atomic E-state index is 13.2. The van der Waals surface area contributed by atoms with E-state index in [0.29, 0.717) is 22.0 Å². The fraction of sp³-hybridized carbons (Fsp3) is 0.120. The van der Waals surface area contributed by atoms with Crippen LogP contribution in [-0.4, -0.2) is 29.0 Å². The van der Waals surface area contributed by atoms with E-state index >= 15 is 0 Å². The summed E-state index contributed by atoms with van der Waals surface area (Å²) < 4.78 is 5.33. The van der Waals surface area contributed by atoms with Crippen LogP contribution in [-0.2, 0) is 9.59 Å². The van der Waals surface area contributed by atoms with Crippen molar-refractivity contribution >= 4 is 34.7 Å². The molecule has 6 nitrogen and oxygen atoms in total. The number of ketones is 1. The van der Waals surface area contributed by atoms with Gasteiger partial charge in [-0.1, -0.05) is 35.9 Å². The first-order valence-electron chi connectivity index (χ1n) is 9.82. The number of phenolic OH excluding ortho intramolecular Hbond substituents is 1. The SMILES string of the molecule is COc1ccc(Cl)cc1/C(O)=C1\C(=O)C(=O)N(c2cccc(C)c2)C1c1ccc(O)cc1. The number of benzene rings is 3. The Labute approximate surface area is 189 Å². The van der Waals surface area contributed by atoms with Gasteiger partial charge in [-0.05, 0) is 60.5 Å². The predicted octanol–water partition coefficient (Wildman–Crippen LogP) is 4.99. The van der Waals surface area contributed by atoms with Crippen LogP contribution in [0.25, 0.3) is 5.76 Å². The van der Waals surface area contributed by atoms with Crippen LogP contribution in [0.3, 0.4) is 0 Å². The zero-order valence-corrected chi connectivity index (χ0v) is 18.1. The minimum atomic E-state index is -0.916. The van der Waals surface area contributed by atoms with Crippen molar-refractivity contribution in [3.05, 3.63) is 94.0 Å². The lowest BCUT2D eigenvalue weighted by molar-refractivity contribution is -0.132. The molecule has 1 amide bonds. The van der Waals surface area contributed by atoms with Gasteiger partial charge in [-0.25, -0.2) is 0 Å². The number of rotatable bonds is 4. The number of carbonyl (C=O) groups is 2. The molecule has 1 saturated heterocycles. The fourth-order valence-corrected chi connectivity index (χ4v) is 4.03. The zero-order valence-electron chi connectivity index (χ0n) is 17.4. The summed E-state index contributed by atoms with van der Waals surface area (Å²) in [5, 5.41) is 21.3. The van der Waals surface area contributed by atoms with Crippen molar-refractivity contribution in [3.8, 4) is 11.5 Å². The summed E-state index contributed by atoms with van der Waals surface area (Å²) in [5.41, 5.74) is 2.08. The molecule has 0 aromatic heterocycles. The van der Waals surface area contributed by atoms with Gasteiger partial charge in [0.2, 0.25) is 0 Å². The molecule has 1 aliphatic heterocycles. The predicted molar refractivity (Wildman–Crippen MR) is 122 cm³/mol. The zero-order chi connectivity index (χ0) is 23.0. The summed E-state index contributed by atoms with van der Waals surface area (Å²) in [6.07, 6.45) is 0. The molecule has 7 heteroatoms. The average molecular weight is 450 g/mol. The highest BCUT2D eigenvalue weighted by Crippen LogP contribution is 2.43. The molecule has 32 heavy (non-hydrogen) atoms. The van der Waals surface area contributed by atoms with Crippen LogP contribution in [0.5, 0.6) is 11.5 Å². The Bertz CT molecular complexity index is 1250. The smallest absolute Gasteiger partial charge is 0.300 e. The van der Waals surface area contributed by atoms with Crippen molar-refractivity contribution in [1.82, 2.24) is 0 Å². The molecule has 1 atom stereocenters. The number of hydrogen-bond acceptors (Lipinski definition) is 5. The number of aromatic hydroxyl groups is 1. The standard InChI is InChI=1S/C25H20ClNO5/c1-14-4-3-5-17(12-14)27-22(15-6-9-18(28)10-7-15)21(24(30)25(27)31)23(29)19-13-16(26)8-11-20(19)32-2/h3-13,22,28-29H,1-2H3/b23-21+. The van der Waals surface area contributed by atoms with Gasteiger partial charge in [-0.15, -0.1) is 0 Å². The van der Waals surface area contributed by atoms with Gasteiger partial charge in [0.25, 0.3) is 11.7 Å². The lowest BCUT2D eigenvalue weighted by Gasteiger charge is -2.26. The Morgan fingerprint density at radius 3 is 2.41 bits per heavy atom. The lowest BCUT2D eigenvalue weighted by Crippen LogP contribution is -2.29. The normalized spacial score (nSPS) is 17.6. The number of aliphatic hydroxyl groups excluding tert-OH is 1.